The first-order chi connectivity index (χ1) is 12.2. The third-order valence-corrected chi connectivity index (χ3v) is 4.90. The zero-order valence-corrected chi connectivity index (χ0v) is 15.0. The van der Waals surface area contributed by atoms with E-state index in [4.69, 9.17) is 4.74 Å². The summed E-state index contributed by atoms with van der Waals surface area (Å²) in [5, 5.41) is 3.50. The van der Waals surface area contributed by atoms with Crippen molar-refractivity contribution in [2.45, 2.75) is 19.8 Å². The lowest BCUT2D eigenvalue weighted by Crippen LogP contribution is -2.12. The fraction of sp³-hybridized carbons (Fsp3) is 0.211. The van der Waals surface area contributed by atoms with Crippen LogP contribution in [0.3, 0.4) is 0 Å². The number of pyridine rings is 1. The summed E-state index contributed by atoms with van der Waals surface area (Å²) < 4.78 is 5.32. The van der Waals surface area contributed by atoms with Crippen molar-refractivity contribution in [2.24, 2.45) is 0 Å². The highest BCUT2D eigenvalue weighted by atomic mass is 32.1. The van der Waals surface area contributed by atoms with Crippen LogP contribution < -0.4 is 10.1 Å². The predicted molar refractivity (Wildman–Crippen MR) is 100 cm³/mol. The normalized spacial score (nSPS) is 10.5. The lowest BCUT2D eigenvalue weighted by atomic mass is 10.1. The highest BCUT2D eigenvalue weighted by molar-refractivity contribution is 7.19. The number of nitrogens with one attached hydrogen (secondary N) is 1. The van der Waals surface area contributed by atoms with Gasteiger partial charge in [-0.1, -0.05) is 35.6 Å². The van der Waals surface area contributed by atoms with Gasteiger partial charge in [-0.25, -0.2) is 4.98 Å². The average Bonchev–Trinajstić information content (AvgIpc) is 3.01. The minimum Gasteiger partial charge on any atom is -0.496 e. The van der Waals surface area contributed by atoms with Gasteiger partial charge in [0.05, 0.1) is 17.7 Å². The zero-order valence-electron chi connectivity index (χ0n) is 14.2. The van der Waals surface area contributed by atoms with Gasteiger partial charge >= 0.3 is 0 Å². The number of rotatable bonds is 6. The molecule has 3 aromatic rings. The lowest BCUT2D eigenvalue weighted by molar-refractivity contribution is -0.116. The van der Waals surface area contributed by atoms with Crippen molar-refractivity contribution in [1.82, 2.24) is 9.97 Å². The Kier molecular flexibility index (Phi) is 5.40. The number of thiazole rings is 1. The SMILES string of the molecule is COc1ccccc1CCC(=O)Nc1nc(C)c(-c2cccnc2)s1. The summed E-state index contributed by atoms with van der Waals surface area (Å²) in [5.74, 6) is 0.747. The second-order valence-corrected chi connectivity index (χ2v) is 6.53. The molecule has 0 aliphatic carbocycles. The third-order valence-electron chi connectivity index (χ3n) is 3.78. The Labute approximate surface area is 150 Å². The van der Waals surface area contributed by atoms with Crippen LogP contribution in [0.2, 0.25) is 0 Å². The first-order valence-corrected chi connectivity index (χ1v) is 8.78. The monoisotopic (exact) mass is 353 g/mol. The number of carbonyl (C=O) groups is 1. The molecule has 0 atom stereocenters. The molecule has 0 aliphatic heterocycles. The van der Waals surface area contributed by atoms with Crippen molar-refractivity contribution in [3.63, 3.8) is 0 Å². The fourth-order valence-electron chi connectivity index (χ4n) is 2.55. The van der Waals surface area contributed by atoms with Crippen LogP contribution in [-0.2, 0) is 11.2 Å². The van der Waals surface area contributed by atoms with Crippen LogP contribution in [0.15, 0.2) is 48.8 Å². The number of carbonyl (C=O) groups excluding carboxylic acids is 1. The van der Waals surface area contributed by atoms with Crippen LogP contribution in [0.4, 0.5) is 5.13 Å². The Morgan fingerprint density at radius 2 is 2.08 bits per heavy atom. The first-order valence-electron chi connectivity index (χ1n) is 7.97. The fourth-order valence-corrected chi connectivity index (χ4v) is 3.53. The summed E-state index contributed by atoms with van der Waals surface area (Å²) in [4.78, 5) is 21.8. The number of nitrogens with zero attached hydrogens (tertiary/aromatic N) is 2. The molecule has 0 bridgehead atoms. The van der Waals surface area contributed by atoms with Crippen LogP contribution in [0.5, 0.6) is 5.75 Å². The maximum absolute atomic E-state index is 12.2. The van der Waals surface area contributed by atoms with E-state index < -0.39 is 0 Å². The molecular formula is C19H19N3O2S. The predicted octanol–water partition coefficient (Wildman–Crippen LogP) is 4.09. The molecule has 1 aromatic carbocycles. The molecule has 0 spiro atoms. The molecule has 3 rings (SSSR count). The number of methoxy groups -OCH3 is 1. The second-order valence-electron chi connectivity index (χ2n) is 5.54. The van der Waals surface area contributed by atoms with Gasteiger partial charge in [-0.3, -0.25) is 9.78 Å². The standard InChI is InChI=1S/C19H19N3O2S/c1-13-18(15-7-5-11-20-12-15)25-19(21-13)22-17(23)10-9-14-6-3-4-8-16(14)24-2/h3-8,11-12H,9-10H2,1-2H3,(H,21,22,23). The molecule has 128 valence electrons. The largest absolute Gasteiger partial charge is 0.496 e. The highest BCUT2D eigenvalue weighted by Gasteiger charge is 2.13. The van der Waals surface area contributed by atoms with Crippen molar-refractivity contribution in [3.05, 3.63) is 60.0 Å². The summed E-state index contributed by atoms with van der Waals surface area (Å²) in [6.45, 7) is 1.93. The smallest absolute Gasteiger partial charge is 0.226 e. The number of ether oxygens (including phenoxy) is 1. The number of benzene rings is 1. The Balaban J connectivity index is 1.64. The molecule has 2 heterocycles. The molecule has 25 heavy (non-hydrogen) atoms. The molecule has 0 unspecified atom stereocenters. The van der Waals surface area contributed by atoms with E-state index in [1.807, 2.05) is 43.3 Å². The Morgan fingerprint density at radius 1 is 1.24 bits per heavy atom. The molecule has 5 nitrogen and oxygen atoms in total. The molecule has 1 amide bonds. The summed E-state index contributed by atoms with van der Waals surface area (Å²) in [7, 11) is 1.64. The van der Waals surface area contributed by atoms with Gasteiger partial charge < -0.3 is 10.1 Å². The summed E-state index contributed by atoms with van der Waals surface area (Å²) in [6.07, 6.45) is 4.53. The van der Waals surface area contributed by atoms with Gasteiger partial charge in [-0.15, -0.1) is 0 Å². The van der Waals surface area contributed by atoms with E-state index in [0.717, 1.165) is 27.4 Å². The highest BCUT2D eigenvalue weighted by Crippen LogP contribution is 2.32. The van der Waals surface area contributed by atoms with E-state index in [0.29, 0.717) is 18.0 Å². The van der Waals surface area contributed by atoms with E-state index in [-0.39, 0.29) is 5.91 Å². The molecule has 6 heteroatoms. The Hall–Kier alpha value is -2.73. The van der Waals surface area contributed by atoms with Crippen LogP contribution in [0, 0.1) is 6.92 Å². The topological polar surface area (TPSA) is 64.1 Å². The van der Waals surface area contributed by atoms with E-state index in [1.165, 1.54) is 11.3 Å². The van der Waals surface area contributed by atoms with Crippen LogP contribution in [0.25, 0.3) is 10.4 Å². The minimum absolute atomic E-state index is 0.0580. The molecule has 0 saturated carbocycles. The molecule has 0 saturated heterocycles. The molecule has 0 radical (unpaired) electrons. The number of anilines is 1. The van der Waals surface area contributed by atoms with Crippen molar-refractivity contribution in [3.8, 4) is 16.2 Å². The van der Waals surface area contributed by atoms with Crippen LogP contribution >= 0.6 is 11.3 Å². The number of para-hydroxylation sites is 1. The van der Waals surface area contributed by atoms with Crippen LogP contribution in [0.1, 0.15) is 17.7 Å². The van der Waals surface area contributed by atoms with Crippen molar-refractivity contribution >= 4 is 22.4 Å². The molecule has 2 aromatic heterocycles. The molecule has 1 N–H and O–H groups in total. The van der Waals surface area contributed by atoms with E-state index in [9.17, 15) is 4.79 Å². The van der Waals surface area contributed by atoms with Gasteiger partial charge in [0.15, 0.2) is 5.13 Å². The maximum Gasteiger partial charge on any atom is 0.226 e. The summed E-state index contributed by atoms with van der Waals surface area (Å²) in [6, 6.07) is 11.6. The van der Waals surface area contributed by atoms with E-state index in [2.05, 4.69) is 15.3 Å². The van der Waals surface area contributed by atoms with Crippen molar-refractivity contribution in [1.29, 1.82) is 0 Å². The number of aromatic nitrogens is 2. The van der Waals surface area contributed by atoms with Crippen molar-refractivity contribution < 1.29 is 9.53 Å². The molecular weight excluding hydrogens is 334 g/mol. The third kappa shape index (κ3) is 4.22. The quantitative estimate of drug-likeness (QED) is 0.725. The maximum atomic E-state index is 12.2. The number of aryl methyl sites for hydroxylation is 2. The molecule has 0 fully saturated rings. The summed E-state index contributed by atoms with van der Waals surface area (Å²) in [5.41, 5.74) is 2.91. The number of hydrogen-bond donors (Lipinski definition) is 1. The second kappa shape index (κ2) is 7.90. The first kappa shape index (κ1) is 17.1. The van der Waals surface area contributed by atoms with E-state index in [1.54, 1.807) is 19.5 Å². The lowest BCUT2D eigenvalue weighted by Gasteiger charge is -2.07. The summed E-state index contributed by atoms with van der Waals surface area (Å²) >= 11 is 1.46. The van der Waals surface area contributed by atoms with Crippen LogP contribution in [-0.4, -0.2) is 23.0 Å². The zero-order chi connectivity index (χ0) is 17.6. The van der Waals surface area contributed by atoms with Gasteiger partial charge in [0.25, 0.3) is 0 Å². The van der Waals surface area contributed by atoms with Gasteiger partial charge in [0.2, 0.25) is 5.91 Å². The number of amides is 1. The van der Waals surface area contributed by atoms with Gasteiger partial charge in [0, 0.05) is 24.4 Å². The average molecular weight is 353 g/mol. The Morgan fingerprint density at radius 3 is 2.84 bits per heavy atom. The van der Waals surface area contributed by atoms with Gasteiger partial charge in [0.1, 0.15) is 5.75 Å². The van der Waals surface area contributed by atoms with Gasteiger partial charge in [-0.05, 0) is 31.0 Å². The van der Waals surface area contributed by atoms with Gasteiger partial charge in [-0.2, -0.15) is 0 Å². The number of hydrogen-bond acceptors (Lipinski definition) is 5. The van der Waals surface area contributed by atoms with E-state index >= 15 is 0 Å². The minimum atomic E-state index is -0.0580. The molecule has 0 aliphatic rings. The Bertz CT molecular complexity index is 862. The van der Waals surface area contributed by atoms with Crippen molar-refractivity contribution in [2.75, 3.05) is 12.4 Å².